The first-order valence-corrected chi connectivity index (χ1v) is 17.3. The van der Waals surface area contributed by atoms with Crippen LogP contribution >= 0.6 is 0 Å². The monoisotopic (exact) mass is 667 g/mol. The molecule has 2 heterocycles. The molecular weight excluding hydrogens is 639 g/mol. The molecule has 0 saturated carbocycles. The smallest absolute Gasteiger partial charge is 0.178 e. The van der Waals surface area contributed by atoms with Crippen LogP contribution in [0.15, 0.2) is 176 Å². The van der Waals surface area contributed by atoms with Crippen LogP contribution in [0.25, 0.3) is 78.0 Å². The Labute approximate surface area is 300 Å². The molecule has 9 aromatic rings. The molecule has 0 aliphatic carbocycles. The first-order chi connectivity index (χ1) is 25.7. The van der Waals surface area contributed by atoms with Crippen molar-refractivity contribution >= 4 is 21.5 Å². The van der Waals surface area contributed by atoms with Crippen LogP contribution in [0.4, 0.5) is 0 Å². The Bertz CT molecular complexity index is 2740. The van der Waals surface area contributed by atoms with Crippen LogP contribution in [0.2, 0.25) is 0 Å². The van der Waals surface area contributed by atoms with E-state index in [1.165, 1.54) is 0 Å². The molecule has 5 heteroatoms. The van der Waals surface area contributed by atoms with Gasteiger partial charge >= 0.3 is 0 Å². The predicted octanol–water partition coefficient (Wildman–Crippen LogP) is 12.4. The van der Waals surface area contributed by atoms with Gasteiger partial charge in [0.05, 0.1) is 0 Å². The topological polar surface area (TPSA) is 57.1 Å². The number of benzene rings is 8. The first kappa shape index (κ1) is 29.8. The van der Waals surface area contributed by atoms with Crippen LogP contribution in [0.5, 0.6) is 23.0 Å². The Morgan fingerprint density at radius 2 is 0.654 bits per heavy atom. The van der Waals surface area contributed by atoms with Crippen molar-refractivity contribution in [2.24, 2.45) is 0 Å². The van der Waals surface area contributed by atoms with Gasteiger partial charge in [-0.25, -0.2) is 15.0 Å². The van der Waals surface area contributed by atoms with Gasteiger partial charge in [-0.15, -0.1) is 0 Å². The number of aromatic nitrogens is 3. The lowest BCUT2D eigenvalue weighted by atomic mass is 9.97. The number of fused-ring (bicyclic) bond motifs is 7. The van der Waals surface area contributed by atoms with Gasteiger partial charge in [0, 0.05) is 27.5 Å². The van der Waals surface area contributed by atoms with Gasteiger partial charge in [0.1, 0.15) is 0 Å². The van der Waals surface area contributed by atoms with Crippen molar-refractivity contribution in [2.45, 2.75) is 0 Å². The maximum Gasteiger partial charge on any atom is 0.178 e. The fourth-order valence-electron chi connectivity index (χ4n) is 7.00. The Hall–Kier alpha value is -7.11. The van der Waals surface area contributed by atoms with E-state index in [2.05, 4.69) is 97.1 Å². The van der Waals surface area contributed by atoms with E-state index >= 15 is 0 Å². The highest BCUT2D eigenvalue weighted by atomic mass is 16.6. The Balaban J connectivity index is 1.01. The maximum absolute atomic E-state index is 6.68. The lowest BCUT2D eigenvalue weighted by Crippen LogP contribution is -2.01. The molecule has 8 aromatic carbocycles. The third-order valence-electron chi connectivity index (χ3n) is 9.56. The molecule has 0 N–H and O–H groups in total. The van der Waals surface area contributed by atoms with Crippen LogP contribution in [0.1, 0.15) is 0 Å². The van der Waals surface area contributed by atoms with Gasteiger partial charge in [0.15, 0.2) is 40.5 Å². The molecule has 0 atom stereocenters. The van der Waals surface area contributed by atoms with Gasteiger partial charge in [-0.1, -0.05) is 152 Å². The molecule has 1 aromatic heterocycles. The van der Waals surface area contributed by atoms with E-state index in [9.17, 15) is 0 Å². The normalized spacial score (nSPS) is 11.8. The second-order valence-electron chi connectivity index (χ2n) is 12.8. The van der Waals surface area contributed by atoms with E-state index in [0.717, 1.165) is 72.0 Å². The van der Waals surface area contributed by atoms with E-state index in [1.807, 2.05) is 78.9 Å². The summed E-state index contributed by atoms with van der Waals surface area (Å²) >= 11 is 0. The minimum Gasteiger partial charge on any atom is -0.449 e. The Morgan fingerprint density at radius 1 is 0.269 bits per heavy atom. The molecule has 244 valence electrons. The third-order valence-corrected chi connectivity index (χ3v) is 9.56. The standard InChI is InChI=1S/C47H29N3O2/c1-3-13-30(14-4-1)45-48-46(31-15-5-2-6-16-31)50-47(49-45)36-20-12-19-34(28-36)32-17-11-18-33(27-32)35-25-26-41-42(29-35)52-44-40-24-10-8-22-38(40)37-21-7-9-23-39(37)43(44)51-41/h1-29H. The summed E-state index contributed by atoms with van der Waals surface area (Å²) in [6, 6.07) is 59.8. The Morgan fingerprint density at radius 3 is 1.19 bits per heavy atom. The van der Waals surface area contributed by atoms with E-state index in [1.54, 1.807) is 0 Å². The second-order valence-corrected chi connectivity index (χ2v) is 12.8. The molecule has 10 rings (SSSR count). The summed E-state index contributed by atoms with van der Waals surface area (Å²) in [5, 5.41) is 4.34. The molecule has 0 amide bonds. The summed E-state index contributed by atoms with van der Waals surface area (Å²) in [6.07, 6.45) is 0. The zero-order chi connectivity index (χ0) is 34.4. The van der Waals surface area contributed by atoms with Crippen LogP contribution in [0, 0.1) is 0 Å². The maximum atomic E-state index is 6.68. The fourth-order valence-corrected chi connectivity index (χ4v) is 7.00. The second kappa shape index (κ2) is 12.3. The molecular formula is C47H29N3O2. The average molecular weight is 668 g/mol. The third kappa shape index (κ3) is 5.24. The molecule has 0 saturated heterocycles. The first-order valence-electron chi connectivity index (χ1n) is 17.3. The lowest BCUT2D eigenvalue weighted by molar-refractivity contribution is 0.367. The fraction of sp³-hybridized carbons (Fsp3) is 0. The molecule has 0 unspecified atom stereocenters. The highest BCUT2D eigenvalue weighted by Crippen LogP contribution is 2.53. The SMILES string of the molecule is c1ccc(-c2nc(-c3ccccc3)nc(-c3cccc(-c4cccc(-c5ccc6c(c5)Oc5c(c7ccccc7c7ccccc57)O6)c4)c3)n2)cc1. The zero-order valence-electron chi connectivity index (χ0n) is 27.9. The number of nitrogens with zero attached hydrogens (tertiary/aromatic N) is 3. The predicted molar refractivity (Wildman–Crippen MR) is 209 cm³/mol. The zero-order valence-corrected chi connectivity index (χ0v) is 27.9. The van der Waals surface area contributed by atoms with Crippen molar-refractivity contribution in [1.29, 1.82) is 0 Å². The van der Waals surface area contributed by atoms with E-state index in [0.29, 0.717) is 29.0 Å². The molecule has 1 aliphatic heterocycles. The molecule has 0 spiro atoms. The van der Waals surface area contributed by atoms with Gasteiger partial charge in [0.25, 0.3) is 0 Å². The van der Waals surface area contributed by atoms with E-state index in [-0.39, 0.29) is 0 Å². The molecule has 52 heavy (non-hydrogen) atoms. The highest BCUT2D eigenvalue weighted by molar-refractivity contribution is 6.14. The van der Waals surface area contributed by atoms with Crippen LogP contribution in [-0.4, -0.2) is 15.0 Å². The lowest BCUT2D eigenvalue weighted by Gasteiger charge is -2.24. The minimum absolute atomic E-state index is 0.623. The quantitative estimate of drug-likeness (QED) is 0.171. The van der Waals surface area contributed by atoms with Gasteiger partial charge < -0.3 is 9.47 Å². The average Bonchev–Trinajstić information content (AvgIpc) is 3.23. The Kier molecular flexibility index (Phi) is 7.07. The number of rotatable bonds is 5. The number of hydrogen-bond donors (Lipinski definition) is 0. The van der Waals surface area contributed by atoms with Crippen LogP contribution in [0.3, 0.4) is 0 Å². The van der Waals surface area contributed by atoms with Gasteiger partial charge in [-0.05, 0) is 57.3 Å². The minimum atomic E-state index is 0.623. The van der Waals surface area contributed by atoms with Crippen molar-refractivity contribution in [3.63, 3.8) is 0 Å². The van der Waals surface area contributed by atoms with Crippen molar-refractivity contribution in [2.75, 3.05) is 0 Å². The summed E-state index contributed by atoms with van der Waals surface area (Å²) in [7, 11) is 0. The molecule has 1 aliphatic rings. The van der Waals surface area contributed by atoms with Crippen LogP contribution in [-0.2, 0) is 0 Å². The highest BCUT2D eigenvalue weighted by Gasteiger charge is 2.25. The number of ether oxygens (including phenoxy) is 2. The summed E-state index contributed by atoms with van der Waals surface area (Å²) in [5.74, 6) is 4.78. The summed E-state index contributed by atoms with van der Waals surface area (Å²) in [5.41, 5.74) is 7.04. The summed E-state index contributed by atoms with van der Waals surface area (Å²) in [6.45, 7) is 0. The van der Waals surface area contributed by atoms with Gasteiger partial charge in [-0.3, -0.25) is 0 Å². The van der Waals surface area contributed by atoms with Gasteiger partial charge in [0.2, 0.25) is 0 Å². The molecule has 0 bridgehead atoms. The molecule has 0 radical (unpaired) electrons. The van der Waals surface area contributed by atoms with Crippen molar-refractivity contribution in [3.8, 4) is 79.4 Å². The van der Waals surface area contributed by atoms with Crippen molar-refractivity contribution in [3.05, 3.63) is 176 Å². The van der Waals surface area contributed by atoms with Crippen molar-refractivity contribution in [1.82, 2.24) is 15.0 Å². The van der Waals surface area contributed by atoms with E-state index in [4.69, 9.17) is 24.4 Å². The summed E-state index contributed by atoms with van der Waals surface area (Å²) < 4.78 is 13.2. The van der Waals surface area contributed by atoms with Crippen LogP contribution < -0.4 is 9.47 Å². The summed E-state index contributed by atoms with van der Waals surface area (Å²) in [4.78, 5) is 14.7. The van der Waals surface area contributed by atoms with E-state index < -0.39 is 0 Å². The number of hydrogen-bond acceptors (Lipinski definition) is 5. The molecule has 0 fully saturated rings. The van der Waals surface area contributed by atoms with Crippen molar-refractivity contribution < 1.29 is 9.47 Å². The molecule has 5 nitrogen and oxygen atoms in total. The van der Waals surface area contributed by atoms with Gasteiger partial charge in [-0.2, -0.15) is 0 Å². The largest absolute Gasteiger partial charge is 0.449 e.